The molecule has 0 atom stereocenters. The summed E-state index contributed by atoms with van der Waals surface area (Å²) in [6.45, 7) is 6.72. The van der Waals surface area contributed by atoms with Crippen LogP contribution in [0, 0.1) is 6.92 Å². The fraction of sp³-hybridized carbons (Fsp3) is 0.269. The number of benzene rings is 1. The summed E-state index contributed by atoms with van der Waals surface area (Å²) in [5.41, 5.74) is 3.72. The van der Waals surface area contributed by atoms with Crippen molar-refractivity contribution in [3.05, 3.63) is 72.7 Å². The van der Waals surface area contributed by atoms with Crippen molar-refractivity contribution in [2.24, 2.45) is 0 Å². The standard InChI is InChI=1S/C26H29N9O/c1-19-3-2-4-22(29-19)25-27-11-9-23(32-25)31-24-10-12-28-26(33-24)30-20-5-7-21(8-6-20)35-15-13-34(14-16-35)17-18-36/h2-12,36H,13-18H2,1H3,(H2,27,28,30,31,32,33). The lowest BCUT2D eigenvalue weighted by Crippen LogP contribution is -2.47. The lowest BCUT2D eigenvalue weighted by atomic mass is 10.2. The minimum Gasteiger partial charge on any atom is -0.395 e. The van der Waals surface area contributed by atoms with E-state index in [1.165, 1.54) is 5.69 Å². The van der Waals surface area contributed by atoms with Crippen molar-refractivity contribution in [3.63, 3.8) is 0 Å². The molecule has 0 radical (unpaired) electrons. The van der Waals surface area contributed by atoms with E-state index in [0.717, 1.165) is 49.8 Å². The summed E-state index contributed by atoms with van der Waals surface area (Å²) < 4.78 is 0. The zero-order valence-electron chi connectivity index (χ0n) is 20.2. The number of aliphatic hydroxyl groups is 1. The van der Waals surface area contributed by atoms with E-state index in [0.29, 0.717) is 23.4 Å². The molecule has 3 aromatic heterocycles. The van der Waals surface area contributed by atoms with Gasteiger partial charge in [-0.3, -0.25) is 4.90 Å². The Bertz CT molecular complexity index is 1290. The molecule has 0 saturated carbocycles. The molecule has 36 heavy (non-hydrogen) atoms. The van der Waals surface area contributed by atoms with Crippen LogP contribution in [0.5, 0.6) is 0 Å². The number of piperazine rings is 1. The van der Waals surface area contributed by atoms with E-state index in [1.807, 2.05) is 37.3 Å². The van der Waals surface area contributed by atoms with Gasteiger partial charge in [-0.2, -0.15) is 4.98 Å². The molecule has 10 heteroatoms. The van der Waals surface area contributed by atoms with Crippen LogP contribution in [0.3, 0.4) is 0 Å². The molecule has 5 rings (SSSR count). The van der Waals surface area contributed by atoms with Gasteiger partial charge in [-0.1, -0.05) is 6.07 Å². The van der Waals surface area contributed by atoms with E-state index >= 15 is 0 Å². The van der Waals surface area contributed by atoms with Crippen molar-refractivity contribution < 1.29 is 5.11 Å². The molecular formula is C26H29N9O. The summed E-state index contributed by atoms with van der Waals surface area (Å²) in [6.07, 6.45) is 3.39. The van der Waals surface area contributed by atoms with E-state index in [4.69, 9.17) is 5.11 Å². The van der Waals surface area contributed by atoms with E-state index < -0.39 is 0 Å². The second-order valence-corrected chi connectivity index (χ2v) is 8.54. The molecule has 1 aliphatic heterocycles. The Labute approximate surface area is 210 Å². The first-order chi connectivity index (χ1) is 17.7. The predicted octanol–water partition coefficient (Wildman–Crippen LogP) is 3.24. The number of aliphatic hydroxyl groups excluding tert-OH is 1. The Balaban J connectivity index is 1.22. The summed E-state index contributed by atoms with van der Waals surface area (Å²) >= 11 is 0. The zero-order valence-corrected chi connectivity index (χ0v) is 20.2. The molecule has 0 amide bonds. The number of hydrogen-bond donors (Lipinski definition) is 3. The second kappa shape index (κ2) is 11.1. The Hall–Kier alpha value is -4.15. The van der Waals surface area contributed by atoms with Crippen LogP contribution in [0.1, 0.15) is 5.69 Å². The lowest BCUT2D eigenvalue weighted by Gasteiger charge is -2.35. The van der Waals surface area contributed by atoms with E-state index in [1.54, 1.807) is 24.5 Å². The van der Waals surface area contributed by atoms with Gasteiger partial charge in [0.25, 0.3) is 0 Å². The highest BCUT2D eigenvalue weighted by atomic mass is 16.3. The summed E-state index contributed by atoms with van der Waals surface area (Å²) in [5, 5.41) is 15.6. The molecule has 0 bridgehead atoms. The Kier molecular flexibility index (Phi) is 7.25. The number of pyridine rings is 1. The molecule has 184 valence electrons. The Morgan fingerprint density at radius 3 is 2.31 bits per heavy atom. The molecule has 0 aliphatic carbocycles. The van der Waals surface area contributed by atoms with Gasteiger partial charge in [0.1, 0.15) is 17.3 Å². The fourth-order valence-corrected chi connectivity index (χ4v) is 4.09. The molecule has 1 saturated heterocycles. The van der Waals surface area contributed by atoms with Crippen LogP contribution < -0.4 is 15.5 Å². The molecule has 4 heterocycles. The molecule has 4 aromatic rings. The summed E-state index contributed by atoms with van der Waals surface area (Å²) in [5.74, 6) is 2.27. The SMILES string of the molecule is Cc1cccc(-c2nccc(Nc3ccnc(Nc4ccc(N5CCN(CCO)CC5)cc4)n3)n2)n1. The Morgan fingerprint density at radius 2 is 1.56 bits per heavy atom. The monoisotopic (exact) mass is 483 g/mol. The average Bonchev–Trinajstić information content (AvgIpc) is 2.90. The first-order valence-corrected chi connectivity index (χ1v) is 12.0. The molecule has 1 aliphatic rings. The number of nitrogens with one attached hydrogen (secondary N) is 2. The topological polar surface area (TPSA) is 115 Å². The third-order valence-electron chi connectivity index (χ3n) is 5.96. The van der Waals surface area contributed by atoms with Crippen LogP contribution >= 0.6 is 0 Å². The molecule has 1 aromatic carbocycles. The maximum atomic E-state index is 9.12. The Morgan fingerprint density at radius 1 is 0.806 bits per heavy atom. The van der Waals surface area contributed by atoms with Crippen molar-refractivity contribution in [2.45, 2.75) is 6.92 Å². The molecule has 3 N–H and O–H groups in total. The summed E-state index contributed by atoms with van der Waals surface area (Å²) in [4.78, 5) is 27.0. The van der Waals surface area contributed by atoms with Gasteiger partial charge in [0, 0.05) is 62.2 Å². The van der Waals surface area contributed by atoms with E-state index in [9.17, 15) is 0 Å². The van der Waals surface area contributed by atoms with Crippen LogP contribution in [0.2, 0.25) is 0 Å². The van der Waals surface area contributed by atoms with Crippen molar-refractivity contribution >= 4 is 29.0 Å². The first kappa shape index (κ1) is 23.6. The minimum atomic E-state index is 0.212. The summed E-state index contributed by atoms with van der Waals surface area (Å²) in [7, 11) is 0. The van der Waals surface area contributed by atoms with E-state index in [-0.39, 0.29) is 6.61 Å². The average molecular weight is 484 g/mol. The van der Waals surface area contributed by atoms with Crippen LogP contribution in [0.25, 0.3) is 11.5 Å². The predicted molar refractivity (Wildman–Crippen MR) is 141 cm³/mol. The van der Waals surface area contributed by atoms with Gasteiger partial charge in [0.2, 0.25) is 5.95 Å². The van der Waals surface area contributed by atoms with Crippen molar-refractivity contribution in [3.8, 4) is 11.5 Å². The smallest absolute Gasteiger partial charge is 0.229 e. The molecule has 1 fully saturated rings. The number of nitrogens with zero attached hydrogens (tertiary/aromatic N) is 7. The molecule has 0 unspecified atom stereocenters. The highest BCUT2D eigenvalue weighted by molar-refractivity contribution is 5.61. The maximum absolute atomic E-state index is 9.12. The number of rotatable bonds is 8. The lowest BCUT2D eigenvalue weighted by molar-refractivity contribution is 0.189. The van der Waals surface area contributed by atoms with Crippen LogP contribution in [-0.4, -0.2) is 74.3 Å². The zero-order chi connectivity index (χ0) is 24.7. The van der Waals surface area contributed by atoms with Gasteiger partial charge in [0.05, 0.1) is 6.61 Å². The van der Waals surface area contributed by atoms with Crippen LogP contribution in [0.15, 0.2) is 67.0 Å². The van der Waals surface area contributed by atoms with Crippen molar-refractivity contribution in [1.29, 1.82) is 0 Å². The number of anilines is 5. The van der Waals surface area contributed by atoms with Gasteiger partial charge in [0.15, 0.2) is 5.82 Å². The number of β-amino-alcohol motifs (C(OH)–C–C–N with tert-alkyl or cyclic N) is 1. The third kappa shape index (κ3) is 5.91. The largest absolute Gasteiger partial charge is 0.395 e. The van der Waals surface area contributed by atoms with E-state index in [2.05, 4.69) is 57.5 Å². The first-order valence-electron chi connectivity index (χ1n) is 12.0. The highest BCUT2D eigenvalue weighted by Gasteiger charge is 2.16. The fourth-order valence-electron chi connectivity index (χ4n) is 4.09. The maximum Gasteiger partial charge on any atom is 0.229 e. The molecule has 0 spiro atoms. The molecular weight excluding hydrogens is 454 g/mol. The van der Waals surface area contributed by atoms with Crippen molar-refractivity contribution in [2.75, 3.05) is 54.9 Å². The van der Waals surface area contributed by atoms with Gasteiger partial charge in [-0.05, 0) is 55.5 Å². The van der Waals surface area contributed by atoms with Crippen LogP contribution in [-0.2, 0) is 0 Å². The van der Waals surface area contributed by atoms with Crippen LogP contribution in [0.4, 0.5) is 29.0 Å². The quantitative estimate of drug-likeness (QED) is 0.345. The van der Waals surface area contributed by atoms with Gasteiger partial charge in [-0.15, -0.1) is 0 Å². The number of hydrogen-bond acceptors (Lipinski definition) is 10. The normalized spacial score (nSPS) is 14.0. The minimum absolute atomic E-state index is 0.212. The van der Waals surface area contributed by atoms with Gasteiger partial charge in [-0.25, -0.2) is 19.9 Å². The third-order valence-corrected chi connectivity index (χ3v) is 5.96. The molecule has 10 nitrogen and oxygen atoms in total. The summed E-state index contributed by atoms with van der Waals surface area (Å²) in [6, 6.07) is 17.6. The highest BCUT2D eigenvalue weighted by Crippen LogP contribution is 2.22. The van der Waals surface area contributed by atoms with Gasteiger partial charge >= 0.3 is 0 Å². The van der Waals surface area contributed by atoms with Crippen molar-refractivity contribution in [1.82, 2.24) is 29.8 Å². The number of aryl methyl sites for hydroxylation is 1. The second-order valence-electron chi connectivity index (χ2n) is 8.54. The number of aromatic nitrogens is 5. The van der Waals surface area contributed by atoms with Gasteiger partial charge < -0.3 is 20.6 Å².